The van der Waals surface area contributed by atoms with Crippen molar-refractivity contribution in [1.82, 2.24) is 24.5 Å². The van der Waals surface area contributed by atoms with Crippen molar-refractivity contribution >= 4 is 54.4 Å². The fourth-order valence-corrected chi connectivity index (χ4v) is 3.67. The molecule has 0 fully saturated rings. The molecule has 0 atom stereocenters. The molecule has 0 saturated heterocycles. The summed E-state index contributed by atoms with van der Waals surface area (Å²) in [5.41, 5.74) is 3.61. The lowest BCUT2D eigenvalue weighted by molar-refractivity contribution is 0.102. The number of amides is 1. The SMILES string of the molecule is Cc1nn(Cn2ccc(C(=O)Nc3ccc(Br)c4cccnc34)n2)c(C)c1Br. The van der Waals surface area contributed by atoms with Crippen LogP contribution in [-0.2, 0) is 6.67 Å². The Kier molecular flexibility index (Phi) is 5.03. The molecule has 0 aliphatic carbocycles. The molecule has 0 aliphatic heterocycles. The maximum absolute atomic E-state index is 12.7. The molecule has 4 aromatic rings. The summed E-state index contributed by atoms with van der Waals surface area (Å²) in [7, 11) is 0. The van der Waals surface area contributed by atoms with Crippen molar-refractivity contribution in [3.8, 4) is 0 Å². The number of hydrogen-bond acceptors (Lipinski definition) is 4. The lowest BCUT2D eigenvalue weighted by Crippen LogP contribution is -2.16. The highest BCUT2D eigenvalue weighted by atomic mass is 79.9. The smallest absolute Gasteiger partial charge is 0.276 e. The summed E-state index contributed by atoms with van der Waals surface area (Å²) in [6.45, 7) is 4.34. The predicted molar refractivity (Wildman–Crippen MR) is 114 cm³/mol. The Bertz CT molecular complexity index is 1200. The van der Waals surface area contributed by atoms with Crippen molar-refractivity contribution in [1.29, 1.82) is 0 Å². The van der Waals surface area contributed by atoms with E-state index in [2.05, 4.69) is 52.4 Å². The van der Waals surface area contributed by atoms with Crippen LogP contribution in [0, 0.1) is 13.8 Å². The van der Waals surface area contributed by atoms with E-state index in [9.17, 15) is 4.79 Å². The second kappa shape index (κ2) is 7.48. The number of nitrogens with zero attached hydrogens (tertiary/aromatic N) is 5. The third kappa shape index (κ3) is 3.47. The van der Waals surface area contributed by atoms with E-state index in [1.54, 1.807) is 23.1 Å². The molecule has 3 aromatic heterocycles. The van der Waals surface area contributed by atoms with Gasteiger partial charge < -0.3 is 5.32 Å². The molecule has 28 heavy (non-hydrogen) atoms. The Morgan fingerprint density at radius 1 is 1.14 bits per heavy atom. The van der Waals surface area contributed by atoms with Crippen molar-refractivity contribution in [3.63, 3.8) is 0 Å². The zero-order chi connectivity index (χ0) is 19.8. The molecule has 0 unspecified atom stereocenters. The van der Waals surface area contributed by atoms with Crippen LogP contribution in [0.25, 0.3) is 10.9 Å². The summed E-state index contributed by atoms with van der Waals surface area (Å²) >= 11 is 7.03. The van der Waals surface area contributed by atoms with E-state index in [1.807, 2.05) is 42.8 Å². The van der Waals surface area contributed by atoms with Crippen LogP contribution in [0.2, 0.25) is 0 Å². The van der Waals surface area contributed by atoms with Gasteiger partial charge in [0.15, 0.2) is 5.69 Å². The molecular weight excluding hydrogens is 488 g/mol. The number of anilines is 1. The van der Waals surface area contributed by atoms with E-state index in [0.29, 0.717) is 18.1 Å². The fourth-order valence-electron chi connectivity index (χ4n) is 2.94. The average Bonchev–Trinajstić information content (AvgIpc) is 3.25. The Labute approximate surface area is 178 Å². The number of rotatable bonds is 4. The van der Waals surface area contributed by atoms with Gasteiger partial charge in [0.2, 0.25) is 0 Å². The normalized spacial score (nSPS) is 11.1. The van der Waals surface area contributed by atoms with Gasteiger partial charge in [0.25, 0.3) is 5.91 Å². The molecule has 1 N–H and O–H groups in total. The van der Waals surface area contributed by atoms with Gasteiger partial charge >= 0.3 is 0 Å². The van der Waals surface area contributed by atoms with Crippen molar-refractivity contribution in [2.45, 2.75) is 20.5 Å². The molecule has 0 bridgehead atoms. The summed E-state index contributed by atoms with van der Waals surface area (Å²) in [5, 5.41) is 12.7. The van der Waals surface area contributed by atoms with Gasteiger partial charge in [-0.15, -0.1) is 0 Å². The molecule has 1 amide bonds. The standard InChI is InChI=1S/C19H16Br2N6O/c1-11-17(21)12(2)27(24-11)10-26-9-7-16(25-26)19(28)23-15-6-5-14(20)13-4-3-8-22-18(13)15/h3-9H,10H2,1-2H3,(H,23,28). The van der Waals surface area contributed by atoms with Crippen LogP contribution in [0.1, 0.15) is 21.9 Å². The average molecular weight is 504 g/mol. The molecule has 1 aromatic carbocycles. The number of pyridine rings is 1. The largest absolute Gasteiger partial charge is 0.319 e. The second-order valence-electron chi connectivity index (χ2n) is 6.31. The predicted octanol–water partition coefficient (Wildman–Crippen LogP) is 4.53. The van der Waals surface area contributed by atoms with E-state index < -0.39 is 0 Å². The van der Waals surface area contributed by atoms with Crippen LogP contribution in [0.4, 0.5) is 5.69 Å². The molecule has 142 valence electrons. The summed E-state index contributed by atoms with van der Waals surface area (Å²) in [4.78, 5) is 17.1. The first-order valence-electron chi connectivity index (χ1n) is 8.51. The molecular formula is C19H16Br2N6O. The third-order valence-electron chi connectivity index (χ3n) is 4.41. The summed E-state index contributed by atoms with van der Waals surface area (Å²) in [6, 6.07) is 9.20. The molecule has 0 saturated carbocycles. The third-order valence-corrected chi connectivity index (χ3v) is 6.25. The maximum Gasteiger partial charge on any atom is 0.276 e. The first-order valence-corrected chi connectivity index (χ1v) is 10.1. The quantitative estimate of drug-likeness (QED) is 0.444. The number of carbonyl (C=O) groups excluding carboxylic acids is 1. The highest BCUT2D eigenvalue weighted by Gasteiger charge is 2.14. The first kappa shape index (κ1) is 18.8. The van der Waals surface area contributed by atoms with Crippen molar-refractivity contribution in [3.05, 3.63) is 68.8 Å². The van der Waals surface area contributed by atoms with Gasteiger partial charge in [-0.1, -0.05) is 22.0 Å². The van der Waals surface area contributed by atoms with Gasteiger partial charge in [0.05, 0.1) is 27.1 Å². The van der Waals surface area contributed by atoms with Crippen LogP contribution in [-0.4, -0.2) is 30.5 Å². The van der Waals surface area contributed by atoms with Crippen molar-refractivity contribution in [2.75, 3.05) is 5.32 Å². The minimum absolute atomic E-state index is 0.289. The number of halogens is 2. The minimum atomic E-state index is -0.289. The van der Waals surface area contributed by atoms with E-state index in [0.717, 1.165) is 31.2 Å². The highest BCUT2D eigenvalue weighted by molar-refractivity contribution is 9.11. The minimum Gasteiger partial charge on any atom is -0.319 e. The van der Waals surface area contributed by atoms with Gasteiger partial charge in [0.1, 0.15) is 6.67 Å². The molecule has 9 heteroatoms. The van der Waals surface area contributed by atoms with Gasteiger partial charge in [-0.2, -0.15) is 10.2 Å². The van der Waals surface area contributed by atoms with Crippen LogP contribution < -0.4 is 5.32 Å². The molecule has 7 nitrogen and oxygen atoms in total. The van der Waals surface area contributed by atoms with E-state index in [1.165, 1.54) is 0 Å². The number of fused-ring (bicyclic) bond motifs is 1. The molecule has 4 rings (SSSR count). The van der Waals surface area contributed by atoms with Crippen LogP contribution >= 0.6 is 31.9 Å². The number of nitrogens with one attached hydrogen (secondary N) is 1. The zero-order valence-electron chi connectivity index (χ0n) is 15.1. The maximum atomic E-state index is 12.7. The molecule has 0 spiro atoms. The van der Waals surface area contributed by atoms with Gasteiger partial charge in [0, 0.05) is 22.3 Å². The summed E-state index contributed by atoms with van der Waals surface area (Å²) < 4.78 is 5.42. The molecule has 3 heterocycles. The lowest BCUT2D eigenvalue weighted by atomic mass is 10.2. The first-order chi connectivity index (χ1) is 13.4. The fraction of sp³-hybridized carbons (Fsp3) is 0.158. The van der Waals surface area contributed by atoms with Crippen LogP contribution in [0.3, 0.4) is 0 Å². The zero-order valence-corrected chi connectivity index (χ0v) is 18.3. The van der Waals surface area contributed by atoms with Crippen molar-refractivity contribution in [2.24, 2.45) is 0 Å². The summed E-state index contributed by atoms with van der Waals surface area (Å²) in [5.74, 6) is -0.289. The number of carbonyl (C=O) groups is 1. The number of aryl methyl sites for hydroxylation is 1. The topological polar surface area (TPSA) is 77.6 Å². The van der Waals surface area contributed by atoms with E-state index >= 15 is 0 Å². The summed E-state index contributed by atoms with van der Waals surface area (Å²) in [6.07, 6.45) is 3.46. The Morgan fingerprint density at radius 3 is 2.71 bits per heavy atom. The van der Waals surface area contributed by atoms with Gasteiger partial charge in [-0.25, -0.2) is 4.68 Å². The van der Waals surface area contributed by atoms with Gasteiger partial charge in [-0.3, -0.25) is 14.5 Å². The number of hydrogen-bond donors (Lipinski definition) is 1. The Balaban J connectivity index is 1.55. The number of benzene rings is 1. The van der Waals surface area contributed by atoms with E-state index in [4.69, 9.17) is 0 Å². The van der Waals surface area contributed by atoms with Crippen LogP contribution in [0.5, 0.6) is 0 Å². The lowest BCUT2D eigenvalue weighted by Gasteiger charge is -2.08. The Hall–Kier alpha value is -2.52. The second-order valence-corrected chi connectivity index (χ2v) is 7.96. The molecule has 0 aliphatic rings. The Morgan fingerprint density at radius 2 is 1.96 bits per heavy atom. The van der Waals surface area contributed by atoms with E-state index in [-0.39, 0.29) is 5.91 Å². The van der Waals surface area contributed by atoms with Gasteiger partial charge in [-0.05, 0) is 54.0 Å². The number of aromatic nitrogens is 5. The molecule has 0 radical (unpaired) electrons. The monoisotopic (exact) mass is 502 g/mol. The highest BCUT2D eigenvalue weighted by Crippen LogP contribution is 2.28. The van der Waals surface area contributed by atoms with Crippen molar-refractivity contribution < 1.29 is 4.79 Å². The van der Waals surface area contributed by atoms with Crippen LogP contribution in [0.15, 0.2) is 51.7 Å².